The molecule has 1 atom stereocenters. The van der Waals surface area contributed by atoms with Crippen LogP contribution >= 0.6 is 27.7 Å². The number of halogens is 1. The molecule has 0 N–H and O–H groups in total. The molecule has 0 spiro atoms. The minimum atomic E-state index is 0.312. The summed E-state index contributed by atoms with van der Waals surface area (Å²) in [5.41, 5.74) is 4.63. The highest BCUT2D eigenvalue weighted by Gasteiger charge is 2.22. The third-order valence-corrected chi connectivity index (χ3v) is 6.28. The number of fused-ring (bicyclic) bond motifs is 1. The molecule has 3 aromatic rings. The minimum absolute atomic E-state index is 0.312. The predicted octanol–water partition coefficient (Wildman–Crippen LogP) is 6.82. The van der Waals surface area contributed by atoms with Gasteiger partial charge in [0.15, 0.2) is 0 Å². The van der Waals surface area contributed by atoms with Crippen molar-refractivity contribution in [2.45, 2.75) is 16.6 Å². The first-order valence-corrected chi connectivity index (χ1v) is 10.1. The Kier molecular flexibility index (Phi) is 5.14. The zero-order valence-electron chi connectivity index (χ0n) is 14.4. The lowest BCUT2D eigenvalue weighted by Crippen LogP contribution is -2.05. The van der Waals surface area contributed by atoms with Gasteiger partial charge in [0.05, 0.1) is 12.8 Å². The Balaban J connectivity index is 1.75. The van der Waals surface area contributed by atoms with E-state index in [0.717, 1.165) is 28.0 Å². The molecule has 1 aliphatic heterocycles. The quantitative estimate of drug-likeness (QED) is 0.460. The topological polar surface area (TPSA) is 21.6 Å². The maximum Gasteiger partial charge on any atom is 0.118 e. The van der Waals surface area contributed by atoms with Gasteiger partial charge >= 0.3 is 0 Å². The summed E-state index contributed by atoms with van der Waals surface area (Å²) in [5, 5.41) is 0.312. The summed E-state index contributed by atoms with van der Waals surface area (Å²) in [5.74, 6) is 0.884. The molecule has 2 nitrogen and oxygen atoms in total. The first-order valence-electron chi connectivity index (χ1n) is 8.46. The van der Waals surface area contributed by atoms with Crippen LogP contribution in [0.25, 0.3) is 0 Å². The zero-order chi connectivity index (χ0) is 17.9. The second-order valence-electron chi connectivity index (χ2n) is 6.12. The summed E-state index contributed by atoms with van der Waals surface area (Å²) in [6, 6.07) is 25.2. The summed E-state index contributed by atoms with van der Waals surface area (Å²) in [6.07, 6.45) is 0.882. The molecule has 1 heterocycles. The van der Waals surface area contributed by atoms with E-state index in [1.165, 1.54) is 16.0 Å². The molecule has 3 aromatic carbocycles. The Bertz CT molecular complexity index is 935. The molecule has 26 heavy (non-hydrogen) atoms. The van der Waals surface area contributed by atoms with Gasteiger partial charge in [-0.1, -0.05) is 52.3 Å². The van der Waals surface area contributed by atoms with Gasteiger partial charge in [0.2, 0.25) is 0 Å². The molecular formula is C22H18BrNOS. The first kappa shape index (κ1) is 17.4. The number of ether oxygens (including phenoxy) is 1. The Labute approximate surface area is 166 Å². The number of nitrogens with zero attached hydrogens (tertiary/aromatic N) is 1. The van der Waals surface area contributed by atoms with Crippen LogP contribution in [0.15, 0.2) is 87.2 Å². The van der Waals surface area contributed by atoms with Crippen LogP contribution in [0.1, 0.15) is 22.8 Å². The van der Waals surface area contributed by atoms with Crippen LogP contribution in [0, 0.1) is 0 Å². The highest BCUT2D eigenvalue weighted by molar-refractivity contribution is 9.10. The minimum Gasteiger partial charge on any atom is -0.497 e. The highest BCUT2D eigenvalue weighted by atomic mass is 79.9. The number of hydrogen-bond acceptors (Lipinski definition) is 3. The Morgan fingerprint density at radius 3 is 2.42 bits per heavy atom. The van der Waals surface area contributed by atoms with Crippen molar-refractivity contribution in [3.8, 4) is 5.75 Å². The highest BCUT2D eigenvalue weighted by Crippen LogP contribution is 2.45. The van der Waals surface area contributed by atoms with Crippen molar-refractivity contribution < 1.29 is 4.74 Å². The summed E-state index contributed by atoms with van der Waals surface area (Å²) in [6.45, 7) is 0. The number of hydrogen-bond donors (Lipinski definition) is 0. The monoisotopic (exact) mass is 423 g/mol. The molecule has 4 rings (SSSR count). The maximum absolute atomic E-state index is 5.30. The van der Waals surface area contributed by atoms with E-state index in [0.29, 0.717) is 5.25 Å². The summed E-state index contributed by atoms with van der Waals surface area (Å²) >= 11 is 5.40. The van der Waals surface area contributed by atoms with Crippen molar-refractivity contribution in [2.75, 3.05) is 7.11 Å². The van der Waals surface area contributed by atoms with Crippen molar-refractivity contribution in [2.24, 2.45) is 4.99 Å². The van der Waals surface area contributed by atoms with E-state index in [2.05, 4.69) is 76.6 Å². The van der Waals surface area contributed by atoms with Crippen LogP contribution in [0.5, 0.6) is 5.75 Å². The van der Waals surface area contributed by atoms with Gasteiger partial charge in [-0.2, -0.15) is 0 Å². The van der Waals surface area contributed by atoms with Crippen molar-refractivity contribution in [1.82, 2.24) is 0 Å². The van der Waals surface area contributed by atoms with Crippen molar-refractivity contribution >= 4 is 39.1 Å². The molecule has 0 aromatic heterocycles. The van der Waals surface area contributed by atoms with Gasteiger partial charge in [0, 0.05) is 26.8 Å². The van der Waals surface area contributed by atoms with E-state index < -0.39 is 0 Å². The fraction of sp³-hybridized carbons (Fsp3) is 0.136. The molecule has 0 saturated carbocycles. The van der Waals surface area contributed by atoms with Gasteiger partial charge in [-0.3, -0.25) is 4.99 Å². The van der Waals surface area contributed by atoms with Gasteiger partial charge in [-0.25, -0.2) is 0 Å². The van der Waals surface area contributed by atoms with Crippen LogP contribution in [0.2, 0.25) is 0 Å². The number of thioether (sulfide) groups is 1. The van der Waals surface area contributed by atoms with Crippen molar-refractivity contribution in [3.05, 3.63) is 88.4 Å². The normalized spacial score (nSPS) is 16.4. The van der Waals surface area contributed by atoms with E-state index >= 15 is 0 Å². The van der Waals surface area contributed by atoms with E-state index in [4.69, 9.17) is 9.73 Å². The first-order chi connectivity index (χ1) is 12.7. The molecule has 1 unspecified atom stereocenters. The fourth-order valence-corrected chi connectivity index (χ4v) is 4.54. The van der Waals surface area contributed by atoms with Gasteiger partial charge < -0.3 is 4.74 Å². The number of rotatable bonds is 3. The molecule has 0 fully saturated rings. The van der Waals surface area contributed by atoms with Crippen molar-refractivity contribution in [1.29, 1.82) is 0 Å². The van der Waals surface area contributed by atoms with Gasteiger partial charge in [-0.05, 0) is 47.5 Å². The molecule has 1 aliphatic rings. The molecule has 0 amide bonds. The second-order valence-corrected chi connectivity index (χ2v) is 8.28. The zero-order valence-corrected chi connectivity index (χ0v) is 16.8. The lowest BCUT2D eigenvalue weighted by molar-refractivity contribution is 0.414. The fourth-order valence-electron chi connectivity index (χ4n) is 3.04. The molecule has 4 heteroatoms. The number of para-hydroxylation sites is 1. The molecule has 0 aliphatic carbocycles. The Hall–Kier alpha value is -2.04. The molecule has 0 bridgehead atoms. The predicted molar refractivity (Wildman–Crippen MR) is 113 cm³/mol. The smallest absolute Gasteiger partial charge is 0.118 e. The Morgan fingerprint density at radius 1 is 0.962 bits per heavy atom. The second kappa shape index (κ2) is 7.68. The van der Waals surface area contributed by atoms with Gasteiger partial charge in [0.1, 0.15) is 5.75 Å². The molecule has 0 saturated heterocycles. The number of aliphatic imine (C=N–C) groups is 1. The van der Waals surface area contributed by atoms with E-state index in [-0.39, 0.29) is 0 Å². The summed E-state index contributed by atoms with van der Waals surface area (Å²) < 4.78 is 6.38. The number of methoxy groups -OCH3 is 1. The van der Waals surface area contributed by atoms with Gasteiger partial charge in [-0.15, -0.1) is 11.8 Å². The summed E-state index contributed by atoms with van der Waals surface area (Å²) in [7, 11) is 1.70. The van der Waals surface area contributed by atoms with Crippen LogP contribution in [0.3, 0.4) is 0 Å². The van der Waals surface area contributed by atoms with Crippen LogP contribution in [-0.4, -0.2) is 12.8 Å². The van der Waals surface area contributed by atoms with E-state index in [9.17, 15) is 0 Å². The Morgan fingerprint density at radius 2 is 1.69 bits per heavy atom. The van der Waals surface area contributed by atoms with E-state index in [1.54, 1.807) is 7.11 Å². The van der Waals surface area contributed by atoms with Crippen LogP contribution < -0.4 is 4.74 Å². The molecule has 0 radical (unpaired) electrons. The standard InChI is InChI=1S/C22H18BrNOS/c1-25-18-12-8-16(9-13-18)22-14-20(15-6-10-17(23)11-7-15)24-19-4-2-3-5-21(19)26-22/h2-13,22H,14H2,1H3. The van der Waals surface area contributed by atoms with Crippen molar-refractivity contribution in [3.63, 3.8) is 0 Å². The van der Waals surface area contributed by atoms with Crippen LogP contribution in [0.4, 0.5) is 5.69 Å². The molecular weight excluding hydrogens is 406 g/mol. The number of benzene rings is 3. The third-order valence-electron chi connectivity index (χ3n) is 4.43. The third kappa shape index (κ3) is 3.71. The SMILES string of the molecule is COc1ccc(C2CC(c3ccc(Br)cc3)=Nc3ccccc3S2)cc1. The average Bonchev–Trinajstić information content (AvgIpc) is 2.88. The lowest BCUT2D eigenvalue weighted by Gasteiger charge is -2.16. The van der Waals surface area contributed by atoms with Crippen LogP contribution in [-0.2, 0) is 0 Å². The lowest BCUT2D eigenvalue weighted by atomic mass is 10.0. The summed E-state index contributed by atoms with van der Waals surface area (Å²) in [4.78, 5) is 6.23. The molecule has 130 valence electrons. The maximum atomic E-state index is 5.30. The largest absolute Gasteiger partial charge is 0.497 e. The van der Waals surface area contributed by atoms with Gasteiger partial charge in [0.25, 0.3) is 0 Å². The average molecular weight is 424 g/mol. The van der Waals surface area contributed by atoms with E-state index in [1.807, 2.05) is 23.9 Å².